The first kappa shape index (κ1) is 32.7. The van der Waals surface area contributed by atoms with Crippen molar-refractivity contribution in [2.45, 2.75) is 32.5 Å². The maximum absolute atomic E-state index is 12.9. The van der Waals surface area contributed by atoms with Gasteiger partial charge in [-0.1, -0.05) is 36.4 Å². The Morgan fingerprint density at radius 3 is 2.44 bits per heavy atom. The highest BCUT2D eigenvalue weighted by molar-refractivity contribution is 5.98. The number of aromatic nitrogens is 1. The summed E-state index contributed by atoms with van der Waals surface area (Å²) in [6.45, 7) is 4.75. The van der Waals surface area contributed by atoms with Gasteiger partial charge in [0.05, 0.1) is 24.9 Å². The normalized spacial score (nSPS) is 17.5. The number of pyridine rings is 1. The van der Waals surface area contributed by atoms with Crippen molar-refractivity contribution in [3.05, 3.63) is 83.6 Å². The molecule has 2 atom stereocenters. The van der Waals surface area contributed by atoms with Crippen LogP contribution >= 0.6 is 0 Å². The summed E-state index contributed by atoms with van der Waals surface area (Å²) in [4.78, 5) is 53.2. The van der Waals surface area contributed by atoms with E-state index in [4.69, 9.17) is 14.6 Å². The molecule has 2 bridgehead atoms. The molecule has 12 heteroatoms. The topological polar surface area (TPSA) is 170 Å². The van der Waals surface area contributed by atoms with Gasteiger partial charge in [0.1, 0.15) is 18.4 Å². The third kappa shape index (κ3) is 10.2. The number of ether oxygens (including phenoxy) is 1. The smallest absolute Gasteiger partial charge is 0.290 e. The molecule has 0 radical (unpaired) electrons. The van der Waals surface area contributed by atoms with Gasteiger partial charge >= 0.3 is 0 Å². The molecule has 0 saturated carbocycles. The van der Waals surface area contributed by atoms with Gasteiger partial charge in [-0.25, -0.2) is 0 Å². The van der Waals surface area contributed by atoms with Gasteiger partial charge in [-0.3, -0.25) is 29.1 Å². The number of amides is 3. The Morgan fingerprint density at radius 2 is 1.77 bits per heavy atom. The molecule has 1 aromatic heterocycles. The molecular weight excluding hydrogens is 554 g/mol. The zero-order valence-electron chi connectivity index (χ0n) is 24.2. The van der Waals surface area contributed by atoms with Gasteiger partial charge in [-0.2, -0.15) is 0 Å². The number of hydrogen-bond donors (Lipinski definition) is 5. The highest BCUT2D eigenvalue weighted by Crippen LogP contribution is 2.20. The zero-order valence-corrected chi connectivity index (χ0v) is 24.2. The van der Waals surface area contributed by atoms with Crippen molar-refractivity contribution in [3.8, 4) is 17.0 Å². The van der Waals surface area contributed by atoms with E-state index in [-0.39, 0.29) is 32.1 Å². The fraction of sp³-hybridized carbons (Fsp3) is 0.323. The van der Waals surface area contributed by atoms with Gasteiger partial charge < -0.3 is 30.9 Å². The standard InChI is InChI=1S/C30H35N5O5.CH2O2/c1-20-6-9-24-17-26(20)40-16-14-32-27(37)19-35(15-13-33-30(39)28(21(2)36)34-29(24)38)18-22-7-10-23(11-8-22)25-5-3-4-12-31-25;2-1-3/h3-12,17,21,28,36H,13-16,18-19H2,1-2H3,(H,32,37)(H,33,39)(H,34,38);1H,(H,2,3)/t21-,28+;/m1./s1. The van der Waals surface area contributed by atoms with Crippen LogP contribution in [0.2, 0.25) is 0 Å². The molecule has 12 nitrogen and oxygen atoms in total. The predicted molar refractivity (Wildman–Crippen MR) is 159 cm³/mol. The fourth-order valence-corrected chi connectivity index (χ4v) is 4.37. The van der Waals surface area contributed by atoms with Crippen molar-refractivity contribution in [1.29, 1.82) is 0 Å². The number of nitrogens with one attached hydrogen (secondary N) is 3. The molecule has 0 aliphatic carbocycles. The molecule has 5 N–H and O–H groups in total. The van der Waals surface area contributed by atoms with Gasteiger partial charge in [-0.05, 0) is 49.2 Å². The molecule has 1 aliphatic rings. The molecule has 4 rings (SSSR count). The molecule has 0 unspecified atom stereocenters. The summed E-state index contributed by atoms with van der Waals surface area (Å²) in [5.74, 6) is -0.687. The summed E-state index contributed by atoms with van der Waals surface area (Å²) in [6, 6.07) is 17.5. The van der Waals surface area contributed by atoms with E-state index >= 15 is 0 Å². The lowest BCUT2D eigenvalue weighted by atomic mass is 10.1. The maximum Gasteiger partial charge on any atom is 0.290 e. The molecule has 0 saturated heterocycles. The van der Waals surface area contributed by atoms with E-state index < -0.39 is 24.0 Å². The summed E-state index contributed by atoms with van der Waals surface area (Å²) >= 11 is 0. The molecule has 2 heterocycles. The van der Waals surface area contributed by atoms with Crippen molar-refractivity contribution in [3.63, 3.8) is 0 Å². The number of rotatable bonds is 4. The number of aliphatic hydroxyl groups is 1. The maximum atomic E-state index is 12.9. The molecule has 1 aliphatic heterocycles. The van der Waals surface area contributed by atoms with E-state index in [1.807, 2.05) is 54.3 Å². The van der Waals surface area contributed by atoms with Gasteiger partial charge in [0.15, 0.2) is 0 Å². The number of carboxylic acid groups (broad SMARTS) is 1. The van der Waals surface area contributed by atoms with E-state index in [9.17, 15) is 19.5 Å². The zero-order chi connectivity index (χ0) is 31.2. The van der Waals surface area contributed by atoms with Crippen LogP contribution in [0, 0.1) is 6.92 Å². The van der Waals surface area contributed by atoms with Crippen molar-refractivity contribution >= 4 is 24.2 Å². The third-order valence-electron chi connectivity index (χ3n) is 6.60. The van der Waals surface area contributed by atoms with E-state index in [1.165, 1.54) is 6.92 Å². The third-order valence-corrected chi connectivity index (χ3v) is 6.60. The van der Waals surface area contributed by atoms with Crippen LogP contribution in [0.1, 0.15) is 28.4 Å². The second-order valence-electron chi connectivity index (χ2n) is 9.89. The molecule has 0 fully saturated rings. The number of nitrogens with zero attached hydrogens (tertiary/aromatic N) is 2. The van der Waals surface area contributed by atoms with Crippen molar-refractivity contribution in [2.24, 2.45) is 0 Å². The molecule has 3 aromatic rings. The summed E-state index contributed by atoms with van der Waals surface area (Å²) in [5.41, 5.74) is 3.99. The number of hydrogen-bond acceptors (Lipinski definition) is 8. The number of aliphatic hydroxyl groups excluding tert-OH is 1. The second kappa shape index (κ2) is 16.6. The Bertz CT molecular complexity index is 1370. The van der Waals surface area contributed by atoms with Crippen LogP contribution in [0.15, 0.2) is 66.9 Å². The Balaban J connectivity index is 0.00000162. The Kier molecular flexibility index (Phi) is 12.6. The molecule has 2 aromatic carbocycles. The van der Waals surface area contributed by atoms with Gasteiger partial charge in [0.25, 0.3) is 12.4 Å². The van der Waals surface area contributed by atoms with E-state index in [2.05, 4.69) is 20.9 Å². The van der Waals surface area contributed by atoms with Gasteiger partial charge in [0, 0.05) is 37.0 Å². The molecule has 228 valence electrons. The number of carbonyl (C=O) groups excluding carboxylic acids is 3. The minimum atomic E-state index is -1.15. The quantitative estimate of drug-likeness (QED) is 0.281. The summed E-state index contributed by atoms with van der Waals surface area (Å²) in [6.07, 6.45) is 0.630. The lowest BCUT2D eigenvalue weighted by molar-refractivity contribution is -0.125. The van der Waals surface area contributed by atoms with Crippen LogP contribution in [0.4, 0.5) is 0 Å². The van der Waals surface area contributed by atoms with Crippen molar-refractivity contribution < 1.29 is 34.1 Å². The fourth-order valence-electron chi connectivity index (χ4n) is 4.37. The monoisotopic (exact) mass is 591 g/mol. The number of carbonyl (C=O) groups is 4. The Morgan fingerprint density at radius 1 is 1.05 bits per heavy atom. The summed E-state index contributed by atoms with van der Waals surface area (Å²) in [5, 5.41) is 25.4. The van der Waals surface area contributed by atoms with Gasteiger partial charge in [0.2, 0.25) is 11.8 Å². The lowest BCUT2D eigenvalue weighted by Gasteiger charge is -2.24. The average Bonchev–Trinajstić information content (AvgIpc) is 2.99. The van der Waals surface area contributed by atoms with Crippen LogP contribution in [0.5, 0.6) is 5.75 Å². The van der Waals surface area contributed by atoms with Crippen LogP contribution < -0.4 is 20.7 Å². The molecule has 43 heavy (non-hydrogen) atoms. The van der Waals surface area contributed by atoms with Crippen LogP contribution in [0.3, 0.4) is 0 Å². The first-order chi connectivity index (χ1) is 20.7. The first-order valence-electron chi connectivity index (χ1n) is 13.8. The predicted octanol–water partition coefficient (Wildman–Crippen LogP) is 1.36. The number of benzene rings is 2. The molecule has 0 spiro atoms. The van der Waals surface area contributed by atoms with E-state index in [1.54, 1.807) is 24.4 Å². The first-order valence-corrected chi connectivity index (χ1v) is 13.8. The Labute approximate surface area is 250 Å². The SMILES string of the molecule is Cc1ccc2cc1OCCNC(=O)CN(Cc1ccc(-c3ccccn3)cc1)CCNC(=O)[C@H]([C@@H](C)O)NC2=O.O=CO. The van der Waals surface area contributed by atoms with E-state index in [0.29, 0.717) is 30.9 Å². The van der Waals surface area contributed by atoms with Crippen LogP contribution in [0.25, 0.3) is 11.3 Å². The largest absolute Gasteiger partial charge is 0.491 e. The minimum absolute atomic E-state index is 0.114. The average molecular weight is 592 g/mol. The van der Waals surface area contributed by atoms with Crippen molar-refractivity contribution in [2.75, 3.05) is 32.8 Å². The van der Waals surface area contributed by atoms with Crippen LogP contribution in [-0.4, -0.2) is 89.2 Å². The van der Waals surface area contributed by atoms with Crippen molar-refractivity contribution in [1.82, 2.24) is 25.8 Å². The lowest BCUT2D eigenvalue weighted by Crippen LogP contribution is -2.53. The van der Waals surface area contributed by atoms with Gasteiger partial charge in [-0.15, -0.1) is 0 Å². The van der Waals surface area contributed by atoms with Crippen LogP contribution in [-0.2, 0) is 20.9 Å². The molecule has 3 amide bonds. The molecular formula is C31H37N5O7. The highest BCUT2D eigenvalue weighted by atomic mass is 16.5. The second-order valence-corrected chi connectivity index (χ2v) is 9.89. The minimum Gasteiger partial charge on any atom is -0.491 e. The Hall–Kier alpha value is -4.81. The summed E-state index contributed by atoms with van der Waals surface area (Å²) < 4.78 is 5.82. The highest BCUT2D eigenvalue weighted by Gasteiger charge is 2.26. The number of aryl methyl sites for hydroxylation is 1. The summed E-state index contributed by atoms with van der Waals surface area (Å²) in [7, 11) is 0. The number of fused-ring (bicyclic) bond motifs is 2. The van der Waals surface area contributed by atoms with E-state index in [0.717, 1.165) is 22.4 Å².